The highest BCUT2D eigenvalue weighted by atomic mass is 14.3. The first-order valence-corrected chi connectivity index (χ1v) is 12.6. The fraction of sp³-hybridized carbons (Fsp3) is 0.600. The SMILES string of the molecule is CC1CCC(CC2CCC(C)CC2)CC1.Cc1ccc(Cc2ccc(C)cc2)cc1.[HH].[HH]. The van der Waals surface area contributed by atoms with Crippen LogP contribution in [-0.2, 0) is 6.42 Å². The first-order chi connectivity index (χ1) is 14.5. The van der Waals surface area contributed by atoms with Crippen LogP contribution in [0.15, 0.2) is 48.5 Å². The Labute approximate surface area is 189 Å². The van der Waals surface area contributed by atoms with Crippen LogP contribution in [0.4, 0.5) is 0 Å². The van der Waals surface area contributed by atoms with Crippen LogP contribution >= 0.6 is 0 Å². The van der Waals surface area contributed by atoms with Gasteiger partial charge >= 0.3 is 0 Å². The molecule has 0 amide bonds. The minimum atomic E-state index is 0. The molecule has 4 rings (SSSR count). The predicted molar refractivity (Wildman–Crippen MR) is 136 cm³/mol. The van der Waals surface area contributed by atoms with Crippen LogP contribution in [0.2, 0.25) is 0 Å². The predicted octanol–water partition coefficient (Wildman–Crippen LogP) is 9.42. The quantitative estimate of drug-likeness (QED) is 0.472. The summed E-state index contributed by atoms with van der Waals surface area (Å²) in [6, 6.07) is 17.5. The summed E-state index contributed by atoms with van der Waals surface area (Å²) >= 11 is 0. The Morgan fingerprint density at radius 3 is 1.23 bits per heavy atom. The molecule has 2 aliphatic rings. The van der Waals surface area contributed by atoms with Crippen molar-refractivity contribution < 1.29 is 2.85 Å². The maximum Gasteiger partial charge on any atom is 0 e. The van der Waals surface area contributed by atoms with Crippen LogP contribution in [0.3, 0.4) is 0 Å². The van der Waals surface area contributed by atoms with Gasteiger partial charge in [0.2, 0.25) is 0 Å². The van der Waals surface area contributed by atoms with Crippen molar-refractivity contribution >= 4 is 0 Å². The van der Waals surface area contributed by atoms with Gasteiger partial charge in [-0.25, -0.2) is 0 Å². The summed E-state index contributed by atoms with van der Waals surface area (Å²) < 4.78 is 0. The molecule has 0 bridgehead atoms. The van der Waals surface area contributed by atoms with Gasteiger partial charge in [-0.05, 0) is 61.5 Å². The van der Waals surface area contributed by atoms with Crippen molar-refractivity contribution in [2.45, 2.75) is 91.9 Å². The Morgan fingerprint density at radius 1 is 0.567 bits per heavy atom. The van der Waals surface area contributed by atoms with Crippen molar-refractivity contribution in [2.24, 2.45) is 23.7 Å². The average Bonchev–Trinajstić information content (AvgIpc) is 2.75. The summed E-state index contributed by atoms with van der Waals surface area (Å²) in [5.41, 5.74) is 5.40. The van der Waals surface area contributed by atoms with Crippen LogP contribution in [0.25, 0.3) is 0 Å². The van der Waals surface area contributed by atoms with Gasteiger partial charge in [-0.15, -0.1) is 0 Å². The van der Waals surface area contributed by atoms with Crippen molar-refractivity contribution in [3.8, 4) is 0 Å². The molecular formula is C30H48. The minimum absolute atomic E-state index is 0. The first-order valence-electron chi connectivity index (χ1n) is 12.6. The van der Waals surface area contributed by atoms with E-state index in [-0.39, 0.29) is 2.85 Å². The van der Waals surface area contributed by atoms with Crippen LogP contribution in [-0.4, -0.2) is 0 Å². The van der Waals surface area contributed by atoms with E-state index < -0.39 is 0 Å². The van der Waals surface area contributed by atoms with Crippen LogP contribution < -0.4 is 0 Å². The Bertz CT molecular complexity index is 655. The van der Waals surface area contributed by atoms with Gasteiger partial charge in [-0.3, -0.25) is 0 Å². The second-order valence-electron chi connectivity index (χ2n) is 10.6. The number of rotatable bonds is 4. The highest BCUT2D eigenvalue weighted by Gasteiger charge is 2.24. The summed E-state index contributed by atoms with van der Waals surface area (Å²) in [6.07, 6.45) is 14.8. The van der Waals surface area contributed by atoms with Gasteiger partial charge in [-0.1, -0.05) is 125 Å². The number of hydrogen-bond acceptors (Lipinski definition) is 0. The largest absolute Gasteiger partial charge is 0.0625 e. The maximum absolute atomic E-state index is 2.43. The van der Waals surface area contributed by atoms with E-state index in [1.165, 1.54) is 73.6 Å². The smallest absolute Gasteiger partial charge is 0 e. The molecule has 0 aromatic heterocycles. The molecule has 2 aromatic rings. The molecule has 0 radical (unpaired) electrons. The van der Waals surface area contributed by atoms with Gasteiger partial charge in [0, 0.05) is 2.85 Å². The molecule has 0 atom stereocenters. The zero-order chi connectivity index (χ0) is 21.3. The van der Waals surface area contributed by atoms with Crippen LogP contribution in [0.5, 0.6) is 0 Å². The van der Waals surface area contributed by atoms with Crippen molar-refractivity contribution in [3.63, 3.8) is 0 Å². The van der Waals surface area contributed by atoms with Gasteiger partial charge in [0.15, 0.2) is 0 Å². The van der Waals surface area contributed by atoms with E-state index in [0.29, 0.717) is 0 Å². The van der Waals surface area contributed by atoms with Gasteiger partial charge < -0.3 is 0 Å². The summed E-state index contributed by atoms with van der Waals surface area (Å²) in [4.78, 5) is 0. The van der Waals surface area contributed by atoms with Crippen LogP contribution in [0.1, 0.15) is 96.7 Å². The zero-order valence-corrected chi connectivity index (χ0v) is 20.0. The summed E-state index contributed by atoms with van der Waals surface area (Å²) in [6.45, 7) is 9.10. The maximum atomic E-state index is 2.43. The molecule has 2 fully saturated rings. The average molecular weight is 409 g/mol. The van der Waals surface area contributed by atoms with E-state index in [0.717, 1.165) is 30.1 Å². The fourth-order valence-electron chi connectivity index (χ4n) is 5.25. The molecule has 2 aromatic carbocycles. The molecule has 30 heavy (non-hydrogen) atoms. The Kier molecular flexibility index (Phi) is 9.04. The zero-order valence-electron chi connectivity index (χ0n) is 20.0. The standard InChI is InChI=1S/C15H28.C15H16.2H2/c2*1-12-3-7-14(8-4-12)11-15-9-5-13(2)6-10-15;;/h12-15H,3-11H2,1-2H3;3-10H,11H2,1-2H3;2*1H. The molecule has 0 aliphatic heterocycles. The number of benzene rings is 2. The lowest BCUT2D eigenvalue weighted by atomic mass is 9.74. The monoisotopic (exact) mass is 408 g/mol. The Balaban J connectivity index is 0.000000301. The van der Waals surface area contributed by atoms with Gasteiger partial charge in [0.25, 0.3) is 0 Å². The minimum Gasteiger partial charge on any atom is -0.0625 e. The molecule has 2 aliphatic carbocycles. The lowest BCUT2D eigenvalue weighted by Gasteiger charge is -2.32. The van der Waals surface area contributed by atoms with Gasteiger partial charge in [0.1, 0.15) is 0 Å². The fourth-order valence-corrected chi connectivity index (χ4v) is 5.25. The number of aryl methyl sites for hydroxylation is 2. The van der Waals surface area contributed by atoms with Crippen molar-refractivity contribution in [1.29, 1.82) is 0 Å². The number of hydrogen-bond donors (Lipinski definition) is 0. The van der Waals surface area contributed by atoms with Crippen molar-refractivity contribution in [1.82, 2.24) is 0 Å². The second-order valence-corrected chi connectivity index (χ2v) is 10.6. The normalized spacial score (nSPS) is 26.5. The summed E-state index contributed by atoms with van der Waals surface area (Å²) in [5, 5.41) is 0. The lowest BCUT2D eigenvalue weighted by Crippen LogP contribution is -2.19. The van der Waals surface area contributed by atoms with E-state index >= 15 is 0 Å². The van der Waals surface area contributed by atoms with E-state index in [1.807, 2.05) is 0 Å². The molecule has 2 saturated carbocycles. The van der Waals surface area contributed by atoms with Crippen LogP contribution in [0, 0.1) is 37.5 Å². The molecule has 0 saturated heterocycles. The van der Waals surface area contributed by atoms with Crippen molar-refractivity contribution in [2.75, 3.05) is 0 Å². The highest BCUT2D eigenvalue weighted by molar-refractivity contribution is 5.29. The third-order valence-electron chi connectivity index (χ3n) is 7.59. The molecule has 0 nitrogen and oxygen atoms in total. The Morgan fingerprint density at radius 2 is 0.900 bits per heavy atom. The molecule has 0 heteroatoms. The van der Waals surface area contributed by atoms with E-state index in [2.05, 4.69) is 76.2 Å². The summed E-state index contributed by atoms with van der Waals surface area (Å²) in [7, 11) is 0. The van der Waals surface area contributed by atoms with E-state index in [4.69, 9.17) is 0 Å². The molecule has 168 valence electrons. The lowest BCUT2D eigenvalue weighted by molar-refractivity contribution is 0.201. The summed E-state index contributed by atoms with van der Waals surface area (Å²) in [5.74, 6) is 4.24. The topological polar surface area (TPSA) is 0 Å². The molecule has 0 N–H and O–H groups in total. The molecule has 0 heterocycles. The first kappa shape index (κ1) is 23.1. The second kappa shape index (κ2) is 11.7. The third-order valence-corrected chi connectivity index (χ3v) is 7.59. The molecular weight excluding hydrogens is 360 g/mol. The van der Waals surface area contributed by atoms with Gasteiger partial charge in [-0.2, -0.15) is 0 Å². The highest BCUT2D eigenvalue weighted by Crippen LogP contribution is 2.37. The van der Waals surface area contributed by atoms with E-state index in [1.54, 1.807) is 6.42 Å². The molecule has 0 spiro atoms. The third kappa shape index (κ3) is 7.93. The molecule has 0 unspecified atom stereocenters. The van der Waals surface area contributed by atoms with E-state index in [9.17, 15) is 0 Å². The van der Waals surface area contributed by atoms with Gasteiger partial charge in [0.05, 0.1) is 0 Å². The Hall–Kier alpha value is -1.56. The van der Waals surface area contributed by atoms with Crippen molar-refractivity contribution in [3.05, 3.63) is 70.8 Å².